The zero-order valence-corrected chi connectivity index (χ0v) is 7.95. The Morgan fingerprint density at radius 1 is 1.75 bits per heavy atom. The predicted octanol–water partition coefficient (Wildman–Crippen LogP) is -0.256. The van der Waals surface area contributed by atoms with Gasteiger partial charge in [-0.05, 0) is 21.0 Å². The lowest BCUT2D eigenvalue weighted by atomic mass is 10.2. The van der Waals surface area contributed by atoms with E-state index in [0.717, 1.165) is 0 Å². The Balaban J connectivity index is 4.28. The van der Waals surface area contributed by atoms with Crippen molar-refractivity contribution in [2.75, 3.05) is 20.7 Å². The quantitative estimate of drug-likeness (QED) is 0.445. The van der Waals surface area contributed by atoms with Crippen molar-refractivity contribution in [3.63, 3.8) is 0 Å². The number of aliphatic hydroxyl groups excluding tert-OH is 1. The summed E-state index contributed by atoms with van der Waals surface area (Å²) in [5.74, 6) is -1.13. The van der Waals surface area contributed by atoms with Crippen LogP contribution in [0.5, 0.6) is 0 Å². The van der Waals surface area contributed by atoms with Crippen molar-refractivity contribution >= 4 is 0 Å². The Bertz CT molecular complexity index is 138. The summed E-state index contributed by atoms with van der Waals surface area (Å²) in [5, 5.41) is 9.34. The van der Waals surface area contributed by atoms with E-state index in [2.05, 4.69) is 6.58 Å². The molecule has 3 N–H and O–H groups in total. The monoisotopic (exact) mass is 174 g/mol. The van der Waals surface area contributed by atoms with Gasteiger partial charge < -0.3 is 9.84 Å². The minimum Gasteiger partial charge on any atom is -0.387 e. The minimum atomic E-state index is -1.13. The Labute approximate surface area is 73.6 Å². The highest BCUT2D eigenvalue weighted by atomic mass is 16.5. The summed E-state index contributed by atoms with van der Waals surface area (Å²) in [7, 11) is 3.49. The highest BCUT2D eigenvalue weighted by molar-refractivity contribution is 4.78. The summed E-state index contributed by atoms with van der Waals surface area (Å²) >= 11 is 0. The predicted molar refractivity (Wildman–Crippen MR) is 48.4 cm³/mol. The molecule has 2 atom stereocenters. The second-order valence-electron chi connectivity index (χ2n) is 2.92. The summed E-state index contributed by atoms with van der Waals surface area (Å²) in [6, 6.07) is 0. The van der Waals surface area contributed by atoms with Gasteiger partial charge in [0.15, 0.2) is 0 Å². The van der Waals surface area contributed by atoms with Crippen LogP contribution in [0.25, 0.3) is 0 Å². The van der Waals surface area contributed by atoms with Crippen LogP contribution in [-0.4, -0.2) is 42.7 Å². The van der Waals surface area contributed by atoms with Gasteiger partial charge in [-0.1, -0.05) is 6.08 Å². The van der Waals surface area contributed by atoms with Crippen LogP contribution in [0.2, 0.25) is 0 Å². The molecule has 0 aromatic carbocycles. The SMILES string of the molecule is C=CCOC(N)(C(C)O)N(C)C. The second kappa shape index (κ2) is 4.57. The lowest BCUT2D eigenvalue weighted by Crippen LogP contribution is -2.62. The first kappa shape index (κ1) is 11.6. The van der Waals surface area contributed by atoms with Crippen LogP contribution in [0, 0.1) is 0 Å². The standard InChI is InChI=1S/C8H18N2O2/c1-5-6-12-8(9,7(2)11)10(3)4/h5,7,11H,1,6,9H2,2-4H3. The van der Waals surface area contributed by atoms with Gasteiger partial charge in [0.2, 0.25) is 5.85 Å². The van der Waals surface area contributed by atoms with Crippen LogP contribution in [0.15, 0.2) is 12.7 Å². The van der Waals surface area contributed by atoms with Crippen LogP contribution < -0.4 is 5.73 Å². The molecule has 0 fully saturated rings. The van der Waals surface area contributed by atoms with Gasteiger partial charge in [0.25, 0.3) is 0 Å². The molecule has 2 unspecified atom stereocenters. The van der Waals surface area contributed by atoms with Gasteiger partial charge in [-0.25, -0.2) is 0 Å². The van der Waals surface area contributed by atoms with Crippen LogP contribution in [0.4, 0.5) is 0 Å². The Kier molecular flexibility index (Phi) is 4.41. The topological polar surface area (TPSA) is 58.7 Å². The van der Waals surface area contributed by atoms with Gasteiger partial charge in [0.05, 0.1) is 6.61 Å². The Morgan fingerprint density at radius 2 is 2.25 bits per heavy atom. The van der Waals surface area contributed by atoms with Crippen LogP contribution in [0.1, 0.15) is 6.92 Å². The minimum absolute atomic E-state index is 0.319. The lowest BCUT2D eigenvalue weighted by molar-refractivity contribution is -0.184. The molecule has 0 spiro atoms. The average Bonchev–Trinajstić information content (AvgIpc) is 1.99. The molecule has 0 heterocycles. The van der Waals surface area contributed by atoms with E-state index in [1.54, 1.807) is 32.0 Å². The Morgan fingerprint density at radius 3 is 2.50 bits per heavy atom. The molecule has 0 aliphatic heterocycles. The number of hydrogen-bond acceptors (Lipinski definition) is 4. The van der Waals surface area contributed by atoms with Crippen molar-refractivity contribution in [3.05, 3.63) is 12.7 Å². The third-order valence-corrected chi connectivity index (χ3v) is 1.73. The number of nitrogens with zero attached hydrogens (tertiary/aromatic N) is 1. The zero-order valence-electron chi connectivity index (χ0n) is 7.95. The third-order valence-electron chi connectivity index (χ3n) is 1.73. The molecule has 0 rings (SSSR count). The van der Waals surface area contributed by atoms with Crippen molar-refractivity contribution in [2.45, 2.75) is 18.9 Å². The van der Waals surface area contributed by atoms with E-state index in [1.165, 1.54) is 0 Å². The fraction of sp³-hybridized carbons (Fsp3) is 0.750. The molecule has 0 aliphatic carbocycles. The fourth-order valence-electron chi connectivity index (χ4n) is 0.816. The molecule has 72 valence electrons. The molecule has 12 heavy (non-hydrogen) atoms. The normalized spacial score (nSPS) is 18.8. The first-order chi connectivity index (χ1) is 5.45. The molecule has 0 aliphatic rings. The second-order valence-corrected chi connectivity index (χ2v) is 2.92. The summed E-state index contributed by atoms with van der Waals surface area (Å²) in [5.41, 5.74) is 5.78. The molecule has 0 saturated heterocycles. The van der Waals surface area contributed by atoms with Crippen molar-refractivity contribution in [2.24, 2.45) is 5.73 Å². The molecule has 4 nitrogen and oxygen atoms in total. The van der Waals surface area contributed by atoms with E-state index < -0.39 is 12.0 Å². The fourth-order valence-corrected chi connectivity index (χ4v) is 0.816. The average molecular weight is 174 g/mol. The largest absolute Gasteiger partial charge is 0.387 e. The van der Waals surface area contributed by atoms with E-state index in [1.807, 2.05) is 0 Å². The molecule has 0 aromatic heterocycles. The highest BCUT2D eigenvalue weighted by Gasteiger charge is 2.33. The molecule has 4 heteroatoms. The number of ether oxygens (including phenoxy) is 1. The maximum atomic E-state index is 9.34. The molecule has 0 bridgehead atoms. The maximum Gasteiger partial charge on any atom is 0.201 e. The van der Waals surface area contributed by atoms with E-state index in [-0.39, 0.29) is 0 Å². The van der Waals surface area contributed by atoms with Gasteiger partial charge in [-0.2, -0.15) is 0 Å². The van der Waals surface area contributed by atoms with Crippen molar-refractivity contribution in [3.8, 4) is 0 Å². The summed E-state index contributed by atoms with van der Waals surface area (Å²) in [6.45, 7) is 5.41. The summed E-state index contributed by atoms with van der Waals surface area (Å²) < 4.78 is 5.24. The van der Waals surface area contributed by atoms with Gasteiger partial charge >= 0.3 is 0 Å². The summed E-state index contributed by atoms with van der Waals surface area (Å²) in [6.07, 6.45) is 0.834. The van der Waals surface area contributed by atoms with Crippen LogP contribution in [-0.2, 0) is 4.74 Å². The molecule has 0 radical (unpaired) electrons. The zero-order chi connectivity index (χ0) is 9.78. The van der Waals surface area contributed by atoms with Gasteiger partial charge in [0.1, 0.15) is 6.10 Å². The number of hydrogen-bond donors (Lipinski definition) is 2. The number of rotatable bonds is 5. The van der Waals surface area contributed by atoms with Gasteiger partial charge in [0, 0.05) is 0 Å². The van der Waals surface area contributed by atoms with Crippen LogP contribution in [0.3, 0.4) is 0 Å². The first-order valence-corrected chi connectivity index (χ1v) is 3.84. The van der Waals surface area contributed by atoms with Crippen molar-refractivity contribution in [1.82, 2.24) is 4.90 Å². The van der Waals surface area contributed by atoms with Crippen molar-refractivity contribution in [1.29, 1.82) is 0 Å². The molecular formula is C8H18N2O2. The van der Waals surface area contributed by atoms with E-state index in [0.29, 0.717) is 6.61 Å². The lowest BCUT2D eigenvalue weighted by Gasteiger charge is -2.37. The first-order valence-electron chi connectivity index (χ1n) is 3.84. The number of aliphatic hydroxyl groups is 1. The van der Waals surface area contributed by atoms with Crippen LogP contribution >= 0.6 is 0 Å². The molecule has 0 aromatic rings. The van der Waals surface area contributed by atoms with E-state index in [9.17, 15) is 5.11 Å². The highest BCUT2D eigenvalue weighted by Crippen LogP contribution is 2.11. The number of likely N-dealkylation sites (N-methyl/N-ethyl adjacent to an activating group) is 1. The smallest absolute Gasteiger partial charge is 0.201 e. The summed E-state index contributed by atoms with van der Waals surface area (Å²) in [4.78, 5) is 1.63. The molecular weight excluding hydrogens is 156 g/mol. The van der Waals surface area contributed by atoms with E-state index in [4.69, 9.17) is 10.5 Å². The molecule has 0 saturated carbocycles. The van der Waals surface area contributed by atoms with Gasteiger partial charge in [-0.3, -0.25) is 10.6 Å². The van der Waals surface area contributed by atoms with Gasteiger partial charge in [-0.15, -0.1) is 6.58 Å². The van der Waals surface area contributed by atoms with Crippen molar-refractivity contribution < 1.29 is 9.84 Å². The number of nitrogens with two attached hydrogens (primary N) is 1. The molecule has 0 amide bonds. The third kappa shape index (κ3) is 2.57. The Hall–Kier alpha value is -0.420. The maximum absolute atomic E-state index is 9.34. The van der Waals surface area contributed by atoms with E-state index >= 15 is 0 Å².